The predicted octanol–water partition coefficient (Wildman–Crippen LogP) is 3.83. The number of rotatable bonds is 6. The number of amides is 1. The van der Waals surface area contributed by atoms with E-state index in [1.54, 1.807) is 30.3 Å². The molecule has 0 bridgehead atoms. The summed E-state index contributed by atoms with van der Waals surface area (Å²) in [7, 11) is 0. The Hall–Kier alpha value is -2.26. The van der Waals surface area contributed by atoms with Crippen LogP contribution in [0.25, 0.3) is 0 Å². The van der Waals surface area contributed by atoms with Crippen molar-refractivity contribution in [3.8, 4) is 5.75 Å². The largest absolute Gasteiger partial charge is 0.489 e. The third kappa shape index (κ3) is 4.36. The van der Waals surface area contributed by atoms with E-state index >= 15 is 0 Å². The Bertz CT molecular complexity index is 623. The Morgan fingerprint density at radius 1 is 1.19 bits per heavy atom. The maximum atomic E-state index is 11.7. The molecule has 3 nitrogen and oxygen atoms in total. The number of nitrogens with one attached hydrogen (secondary N) is 1. The molecule has 2 aromatic rings. The Labute approximate surface area is 129 Å². The van der Waals surface area contributed by atoms with Gasteiger partial charge in [-0.15, -0.1) is 6.58 Å². The molecular formula is C17H16ClNO2. The van der Waals surface area contributed by atoms with Gasteiger partial charge in [0.25, 0.3) is 5.91 Å². The van der Waals surface area contributed by atoms with Crippen molar-refractivity contribution in [2.45, 2.75) is 6.61 Å². The van der Waals surface area contributed by atoms with Gasteiger partial charge in [-0.3, -0.25) is 4.79 Å². The molecule has 0 aliphatic heterocycles. The second kappa shape index (κ2) is 7.50. The monoisotopic (exact) mass is 301 g/mol. The van der Waals surface area contributed by atoms with Gasteiger partial charge in [0, 0.05) is 22.7 Å². The van der Waals surface area contributed by atoms with E-state index in [4.69, 9.17) is 16.3 Å². The third-order valence-electron chi connectivity index (χ3n) is 2.88. The van der Waals surface area contributed by atoms with Gasteiger partial charge < -0.3 is 10.1 Å². The van der Waals surface area contributed by atoms with Gasteiger partial charge in [0.2, 0.25) is 0 Å². The van der Waals surface area contributed by atoms with Gasteiger partial charge >= 0.3 is 0 Å². The van der Waals surface area contributed by atoms with Gasteiger partial charge in [-0.2, -0.15) is 0 Å². The zero-order valence-corrected chi connectivity index (χ0v) is 12.3. The molecule has 0 unspecified atom stereocenters. The molecule has 2 aromatic carbocycles. The van der Waals surface area contributed by atoms with E-state index in [1.165, 1.54) is 0 Å². The highest BCUT2D eigenvalue weighted by molar-refractivity contribution is 6.31. The molecule has 0 aliphatic rings. The summed E-state index contributed by atoms with van der Waals surface area (Å²) < 4.78 is 5.66. The number of hydrogen-bond donors (Lipinski definition) is 1. The van der Waals surface area contributed by atoms with Gasteiger partial charge in [0.15, 0.2) is 0 Å². The first kappa shape index (κ1) is 15.1. The Kier molecular flexibility index (Phi) is 5.41. The molecule has 4 heteroatoms. The van der Waals surface area contributed by atoms with Crippen LogP contribution in [-0.4, -0.2) is 12.5 Å². The van der Waals surface area contributed by atoms with Crippen molar-refractivity contribution in [3.05, 3.63) is 77.3 Å². The van der Waals surface area contributed by atoms with Crippen molar-refractivity contribution >= 4 is 17.5 Å². The average molecular weight is 302 g/mol. The summed E-state index contributed by atoms with van der Waals surface area (Å²) in [5, 5.41) is 3.40. The van der Waals surface area contributed by atoms with E-state index in [-0.39, 0.29) is 5.91 Å². The molecular weight excluding hydrogens is 286 g/mol. The predicted molar refractivity (Wildman–Crippen MR) is 84.8 cm³/mol. The molecule has 0 fully saturated rings. The highest BCUT2D eigenvalue weighted by Gasteiger charge is 2.05. The zero-order chi connectivity index (χ0) is 15.1. The standard InChI is InChI=1S/C17H16ClNO2/c1-2-11-19-17(20)13-7-9-15(10-8-13)21-12-14-5-3-4-6-16(14)18/h2-10H,1,11-12H2,(H,19,20). The second-order valence-corrected chi connectivity index (χ2v) is 4.81. The van der Waals surface area contributed by atoms with E-state index < -0.39 is 0 Å². The quantitative estimate of drug-likeness (QED) is 0.823. The number of carbonyl (C=O) groups excluding carboxylic acids is 1. The van der Waals surface area contributed by atoms with Crippen molar-refractivity contribution in [1.82, 2.24) is 5.32 Å². The third-order valence-corrected chi connectivity index (χ3v) is 3.24. The fourth-order valence-corrected chi connectivity index (χ4v) is 1.94. The molecule has 0 heterocycles. The maximum absolute atomic E-state index is 11.7. The zero-order valence-electron chi connectivity index (χ0n) is 11.5. The van der Waals surface area contributed by atoms with Gasteiger partial charge in [0.05, 0.1) is 0 Å². The molecule has 0 saturated carbocycles. The number of hydrogen-bond acceptors (Lipinski definition) is 2. The molecule has 0 radical (unpaired) electrons. The summed E-state index contributed by atoms with van der Waals surface area (Å²) in [6, 6.07) is 14.5. The van der Waals surface area contributed by atoms with Crippen LogP contribution in [0.5, 0.6) is 5.75 Å². The molecule has 0 spiro atoms. The van der Waals surface area contributed by atoms with E-state index in [1.807, 2.05) is 24.3 Å². The van der Waals surface area contributed by atoms with Crippen LogP contribution in [0.4, 0.5) is 0 Å². The Morgan fingerprint density at radius 3 is 2.57 bits per heavy atom. The fraction of sp³-hybridized carbons (Fsp3) is 0.118. The summed E-state index contributed by atoms with van der Waals surface area (Å²) in [5.41, 5.74) is 1.51. The smallest absolute Gasteiger partial charge is 0.251 e. The number of halogens is 1. The van der Waals surface area contributed by atoms with Crippen molar-refractivity contribution < 1.29 is 9.53 Å². The molecule has 0 atom stereocenters. The summed E-state index contributed by atoms with van der Waals surface area (Å²) in [4.78, 5) is 11.7. The molecule has 0 aliphatic carbocycles. The lowest BCUT2D eigenvalue weighted by atomic mass is 10.2. The molecule has 1 amide bonds. The first-order valence-electron chi connectivity index (χ1n) is 6.56. The lowest BCUT2D eigenvalue weighted by molar-refractivity contribution is 0.0958. The number of benzene rings is 2. The summed E-state index contributed by atoms with van der Waals surface area (Å²) in [6.07, 6.45) is 1.64. The van der Waals surface area contributed by atoms with E-state index in [9.17, 15) is 4.79 Å². The molecule has 0 saturated heterocycles. The highest BCUT2D eigenvalue weighted by atomic mass is 35.5. The van der Waals surface area contributed by atoms with Crippen LogP contribution in [0, 0.1) is 0 Å². The van der Waals surface area contributed by atoms with E-state index in [0.717, 1.165) is 5.56 Å². The van der Waals surface area contributed by atoms with Crippen LogP contribution in [-0.2, 0) is 6.61 Å². The minimum atomic E-state index is -0.132. The number of ether oxygens (including phenoxy) is 1. The first-order chi connectivity index (χ1) is 10.2. The normalized spacial score (nSPS) is 9.95. The van der Waals surface area contributed by atoms with Crippen LogP contribution >= 0.6 is 11.6 Å². The molecule has 108 valence electrons. The van der Waals surface area contributed by atoms with Crippen LogP contribution in [0.2, 0.25) is 5.02 Å². The van der Waals surface area contributed by atoms with Crippen LogP contribution in [0.3, 0.4) is 0 Å². The fourth-order valence-electron chi connectivity index (χ4n) is 1.75. The molecule has 21 heavy (non-hydrogen) atoms. The van der Waals surface area contributed by atoms with Crippen LogP contribution in [0.15, 0.2) is 61.2 Å². The van der Waals surface area contributed by atoms with Gasteiger partial charge in [-0.1, -0.05) is 35.9 Å². The van der Waals surface area contributed by atoms with Crippen molar-refractivity contribution in [3.63, 3.8) is 0 Å². The van der Waals surface area contributed by atoms with Crippen molar-refractivity contribution in [2.24, 2.45) is 0 Å². The lowest BCUT2D eigenvalue weighted by Gasteiger charge is -2.08. The second-order valence-electron chi connectivity index (χ2n) is 4.40. The average Bonchev–Trinajstić information content (AvgIpc) is 2.52. The van der Waals surface area contributed by atoms with Crippen LogP contribution < -0.4 is 10.1 Å². The minimum Gasteiger partial charge on any atom is -0.489 e. The van der Waals surface area contributed by atoms with Crippen molar-refractivity contribution in [1.29, 1.82) is 0 Å². The Morgan fingerprint density at radius 2 is 1.90 bits per heavy atom. The van der Waals surface area contributed by atoms with Crippen LogP contribution in [0.1, 0.15) is 15.9 Å². The van der Waals surface area contributed by atoms with E-state index in [0.29, 0.717) is 29.5 Å². The highest BCUT2D eigenvalue weighted by Crippen LogP contribution is 2.18. The lowest BCUT2D eigenvalue weighted by Crippen LogP contribution is -2.22. The maximum Gasteiger partial charge on any atom is 0.251 e. The molecule has 1 N–H and O–H groups in total. The van der Waals surface area contributed by atoms with E-state index in [2.05, 4.69) is 11.9 Å². The summed E-state index contributed by atoms with van der Waals surface area (Å²) in [5.74, 6) is 0.558. The molecule has 2 rings (SSSR count). The summed E-state index contributed by atoms with van der Waals surface area (Å²) >= 11 is 6.06. The number of carbonyl (C=O) groups is 1. The summed E-state index contributed by atoms with van der Waals surface area (Å²) in [6.45, 7) is 4.39. The SMILES string of the molecule is C=CCNC(=O)c1ccc(OCc2ccccc2Cl)cc1. The molecule has 0 aromatic heterocycles. The Balaban J connectivity index is 1.95. The van der Waals surface area contributed by atoms with Gasteiger partial charge in [-0.25, -0.2) is 0 Å². The van der Waals surface area contributed by atoms with Crippen molar-refractivity contribution in [2.75, 3.05) is 6.54 Å². The minimum absolute atomic E-state index is 0.132. The van der Waals surface area contributed by atoms with Gasteiger partial charge in [0.1, 0.15) is 12.4 Å². The topological polar surface area (TPSA) is 38.3 Å². The van der Waals surface area contributed by atoms with Gasteiger partial charge in [-0.05, 0) is 30.3 Å². The first-order valence-corrected chi connectivity index (χ1v) is 6.94.